The van der Waals surface area contributed by atoms with Gasteiger partial charge in [0.25, 0.3) is 0 Å². The number of halogens is 1. The maximum absolute atomic E-state index is 5.55. The van der Waals surface area contributed by atoms with Gasteiger partial charge in [0.05, 0.1) is 13.7 Å². The molecule has 68 valence electrons. The molecule has 0 radical (unpaired) electrons. The third-order valence-corrected chi connectivity index (χ3v) is 3.99. The van der Waals surface area contributed by atoms with Gasteiger partial charge in [0.15, 0.2) is 11.5 Å². The maximum Gasteiger partial charge on any atom is 0.194 e. The second-order valence-electron chi connectivity index (χ2n) is 2.47. The van der Waals surface area contributed by atoms with Gasteiger partial charge in [-0.2, -0.15) is 0 Å². The molecule has 5 heteroatoms. The van der Waals surface area contributed by atoms with Crippen molar-refractivity contribution in [3.05, 3.63) is 20.4 Å². The molecule has 0 spiro atoms. The summed E-state index contributed by atoms with van der Waals surface area (Å²) in [6.07, 6.45) is 0. The Kier molecular flexibility index (Phi) is 2.40. The number of hydrogen-bond donors (Lipinski definition) is 1. The molecule has 0 atom stereocenters. The zero-order valence-electron chi connectivity index (χ0n) is 6.76. The summed E-state index contributed by atoms with van der Waals surface area (Å²) in [6, 6.07) is 1.82. The highest BCUT2D eigenvalue weighted by Crippen LogP contribution is 2.33. The summed E-state index contributed by atoms with van der Waals surface area (Å²) in [6.45, 7) is 0. The number of hydrogen-bond acceptors (Lipinski definition) is 4. The van der Waals surface area contributed by atoms with Crippen LogP contribution in [0.4, 0.5) is 5.88 Å². The molecular formula is C8H6BrNOS2. The fourth-order valence-electron chi connectivity index (χ4n) is 1.04. The highest BCUT2D eigenvalue weighted by atomic mass is 79.9. The molecule has 1 N–H and O–H groups in total. The van der Waals surface area contributed by atoms with E-state index in [4.69, 9.17) is 16.6 Å². The predicted octanol–water partition coefficient (Wildman–Crippen LogP) is 4.03. The first-order chi connectivity index (χ1) is 6.22. The number of rotatable bonds is 1. The zero-order chi connectivity index (χ0) is 9.42. The van der Waals surface area contributed by atoms with Gasteiger partial charge in [-0.15, -0.1) is 11.3 Å². The van der Waals surface area contributed by atoms with Crippen LogP contribution in [0, 0.1) is 4.51 Å². The summed E-state index contributed by atoms with van der Waals surface area (Å²) in [4.78, 5) is 0. The van der Waals surface area contributed by atoms with Crippen molar-refractivity contribution in [2.24, 2.45) is 0 Å². The normalized spacial score (nSPS) is 10.6. The maximum atomic E-state index is 5.55. The van der Waals surface area contributed by atoms with Crippen molar-refractivity contribution in [2.75, 3.05) is 12.4 Å². The minimum atomic E-state index is 0.691. The second kappa shape index (κ2) is 3.40. The molecule has 13 heavy (non-hydrogen) atoms. The average molecular weight is 276 g/mol. The lowest BCUT2D eigenvalue weighted by molar-refractivity contribution is 0.619. The van der Waals surface area contributed by atoms with Gasteiger partial charge >= 0.3 is 0 Å². The van der Waals surface area contributed by atoms with Gasteiger partial charge in [0, 0.05) is 18.5 Å². The number of thiophene rings is 1. The molecule has 0 amide bonds. The summed E-state index contributed by atoms with van der Waals surface area (Å²) in [5, 5.41) is 4.90. The molecule has 0 fully saturated rings. The van der Waals surface area contributed by atoms with E-state index in [1.54, 1.807) is 18.4 Å². The number of anilines is 1. The SMILES string of the molecule is CNc1cc(=S)c2scc(Br)c2o1. The highest BCUT2D eigenvalue weighted by molar-refractivity contribution is 9.10. The molecule has 0 saturated heterocycles. The first-order valence-electron chi connectivity index (χ1n) is 3.61. The van der Waals surface area contributed by atoms with Crippen molar-refractivity contribution in [3.8, 4) is 0 Å². The van der Waals surface area contributed by atoms with Gasteiger partial charge in [-0.25, -0.2) is 0 Å². The molecule has 0 aliphatic carbocycles. The zero-order valence-corrected chi connectivity index (χ0v) is 9.98. The second-order valence-corrected chi connectivity index (χ2v) is 4.64. The first-order valence-corrected chi connectivity index (χ1v) is 5.69. The van der Waals surface area contributed by atoms with Gasteiger partial charge in [0.1, 0.15) is 0 Å². The van der Waals surface area contributed by atoms with Crippen LogP contribution in [0.2, 0.25) is 0 Å². The third kappa shape index (κ3) is 1.51. The number of fused-ring (bicyclic) bond motifs is 1. The quantitative estimate of drug-likeness (QED) is 0.796. The minimum Gasteiger partial charge on any atom is -0.439 e. The minimum absolute atomic E-state index is 0.691. The van der Waals surface area contributed by atoms with Crippen molar-refractivity contribution >= 4 is 55.7 Å². The fraction of sp³-hybridized carbons (Fsp3) is 0.125. The van der Waals surface area contributed by atoms with Crippen molar-refractivity contribution in [1.29, 1.82) is 0 Å². The van der Waals surface area contributed by atoms with E-state index in [0.717, 1.165) is 19.3 Å². The van der Waals surface area contributed by atoms with E-state index in [-0.39, 0.29) is 0 Å². The third-order valence-electron chi connectivity index (χ3n) is 1.65. The Morgan fingerprint density at radius 2 is 2.38 bits per heavy atom. The molecule has 2 aromatic rings. The van der Waals surface area contributed by atoms with Crippen LogP contribution in [0.15, 0.2) is 20.3 Å². The monoisotopic (exact) mass is 275 g/mol. The van der Waals surface area contributed by atoms with E-state index in [1.165, 1.54) is 0 Å². The molecular weight excluding hydrogens is 270 g/mol. The Bertz CT molecular complexity index is 502. The van der Waals surface area contributed by atoms with E-state index in [0.29, 0.717) is 5.88 Å². The molecule has 2 nitrogen and oxygen atoms in total. The molecule has 0 aliphatic heterocycles. The Hall–Kier alpha value is -0.390. The highest BCUT2D eigenvalue weighted by Gasteiger charge is 2.06. The largest absolute Gasteiger partial charge is 0.439 e. The smallest absolute Gasteiger partial charge is 0.194 e. The van der Waals surface area contributed by atoms with Crippen LogP contribution in [0.5, 0.6) is 0 Å². The van der Waals surface area contributed by atoms with Crippen LogP contribution < -0.4 is 5.32 Å². The van der Waals surface area contributed by atoms with Crippen LogP contribution in [-0.4, -0.2) is 7.05 Å². The fourth-order valence-corrected chi connectivity index (χ4v) is 2.84. The van der Waals surface area contributed by atoms with Crippen molar-refractivity contribution in [1.82, 2.24) is 0 Å². The van der Waals surface area contributed by atoms with Gasteiger partial charge in [-0.1, -0.05) is 12.2 Å². The molecule has 0 aliphatic rings. The van der Waals surface area contributed by atoms with Crippen LogP contribution in [-0.2, 0) is 0 Å². The van der Waals surface area contributed by atoms with Gasteiger partial charge in [-0.3, -0.25) is 0 Å². The standard InChI is InChI=1S/C8H6BrNOS2/c1-10-6-2-5(12)8-7(11-6)4(9)3-13-8/h2-3,10H,1H3. The molecule has 0 bridgehead atoms. The molecule has 0 saturated carbocycles. The van der Waals surface area contributed by atoms with E-state index >= 15 is 0 Å². The summed E-state index contributed by atoms with van der Waals surface area (Å²) < 4.78 is 8.34. The summed E-state index contributed by atoms with van der Waals surface area (Å²) in [5.74, 6) is 0.691. The molecule has 2 aromatic heterocycles. The average Bonchev–Trinajstić information content (AvgIpc) is 2.48. The summed E-state index contributed by atoms with van der Waals surface area (Å²) in [5.41, 5.74) is 0.821. The molecule has 0 unspecified atom stereocenters. The van der Waals surface area contributed by atoms with Gasteiger partial charge in [-0.05, 0) is 15.9 Å². The van der Waals surface area contributed by atoms with Crippen molar-refractivity contribution in [2.45, 2.75) is 0 Å². The van der Waals surface area contributed by atoms with Crippen LogP contribution in [0.25, 0.3) is 10.3 Å². The van der Waals surface area contributed by atoms with Crippen molar-refractivity contribution < 1.29 is 4.42 Å². The predicted molar refractivity (Wildman–Crippen MR) is 62.2 cm³/mol. The molecule has 2 heterocycles. The van der Waals surface area contributed by atoms with Gasteiger partial charge in [0.2, 0.25) is 0 Å². The lowest BCUT2D eigenvalue weighted by Crippen LogP contribution is -1.86. The Labute approximate surface area is 92.7 Å². The lowest BCUT2D eigenvalue weighted by Gasteiger charge is -1.98. The topological polar surface area (TPSA) is 25.2 Å². The Morgan fingerprint density at radius 1 is 1.62 bits per heavy atom. The van der Waals surface area contributed by atoms with Crippen LogP contribution >= 0.6 is 39.5 Å². The number of nitrogens with one attached hydrogen (secondary N) is 1. The van der Waals surface area contributed by atoms with Crippen LogP contribution in [0.1, 0.15) is 0 Å². The molecule has 0 aromatic carbocycles. The first kappa shape index (κ1) is 9.18. The Balaban J connectivity index is 2.88. The van der Waals surface area contributed by atoms with E-state index in [2.05, 4.69) is 21.2 Å². The van der Waals surface area contributed by atoms with E-state index in [9.17, 15) is 0 Å². The lowest BCUT2D eigenvalue weighted by atomic mass is 10.4. The van der Waals surface area contributed by atoms with Gasteiger partial charge < -0.3 is 9.73 Å². The van der Waals surface area contributed by atoms with E-state index in [1.807, 2.05) is 11.4 Å². The summed E-state index contributed by atoms with van der Waals surface area (Å²) in [7, 11) is 1.81. The van der Waals surface area contributed by atoms with E-state index < -0.39 is 0 Å². The van der Waals surface area contributed by atoms with Crippen molar-refractivity contribution in [3.63, 3.8) is 0 Å². The van der Waals surface area contributed by atoms with Crippen LogP contribution in [0.3, 0.4) is 0 Å². The summed E-state index contributed by atoms with van der Waals surface area (Å²) >= 11 is 10.2. The Morgan fingerprint density at radius 3 is 3.08 bits per heavy atom. The molecule has 2 rings (SSSR count).